The minimum atomic E-state index is -1.75. The van der Waals surface area contributed by atoms with Crippen molar-refractivity contribution in [2.24, 2.45) is 0 Å². The van der Waals surface area contributed by atoms with Crippen LogP contribution in [0.4, 0.5) is 0 Å². The third-order valence-electron chi connectivity index (χ3n) is 0. The van der Waals surface area contributed by atoms with E-state index >= 15 is 0 Å². The Hall–Kier alpha value is 1.85. The first-order chi connectivity index (χ1) is 1.73. The quantitative estimate of drug-likeness (QED) is 0.234. The number of hydrogen-bond acceptors (Lipinski definition) is 3. The van der Waals surface area contributed by atoms with E-state index in [4.69, 9.17) is 15.3 Å². The van der Waals surface area contributed by atoms with E-state index in [9.17, 15) is 0 Å². The summed E-state index contributed by atoms with van der Waals surface area (Å²) in [6.07, 6.45) is 0. The second kappa shape index (κ2) is 59.3. The van der Waals surface area contributed by atoms with E-state index in [2.05, 4.69) is 0 Å². The Kier molecular flexibility index (Phi) is 414. The average molecular weight is 250 g/mol. The molecule has 0 bridgehead atoms. The fourth-order valence-corrected chi connectivity index (χ4v) is 0. The van der Waals surface area contributed by atoms with E-state index in [1.165, 1.54) is 0 Å². The van der Waals surface area contributed by atoms with Crippen molar-refractivity contribution in [2.75, 3.05) is 0 Å². The van der Waals surface area contributed by atoms with Gasteiger partial charge in [0.05, 0.1) is 5.09 Å². The fraction of sp³-hybridized carbons (Fsp3) is 0. The topological polar surface area (TPSA) is 192 Å². The predicted octanol–water partition coefficient (Wildman–Crippen LogP) is -7.30. The standard InChI is InChI=1S/2Ca.ClH.NO3.4H2O/c;;;2-1(3)4;;;;/h;;1H;;4*1H2/q2*+2;;-1;;;;/p-1. The molecule has 11 heavy (non-hydrogen) atoms. The summed E-state index contributed by atoms with van der Waals surface area (Å²) in [5.41, 5.74) is 0. The van der Waals surface area contributed by atoms with Crippen LogP contribution < -0.4 is 12.4 Å². The molecule has 0 unspecified atom stereocenters. The summed E-state index contributed by atoms with van der Waals surface area (Å²) >= 11 is 0. The van der Waals surface area contributed by atoms with Crippen LogP contribution in [0.5, 0.6) is 0 Å². The summed E-state index contributed by atoms with van der Waals surface area (Å²) in [5, 5.41) is 14.8. The van der Waals surface area contributed by atoms with Gasteiger partial charge in [0.15, 0.2) is 0 Å². The van der Waals surface area contributed by atoms with Crippen LogP contribution in [-0.4, -0.2) is 102 Å². The third kappa shape index (κ3) is 336. The Morgan fingerprint density at radius 1 is 0.818 bits per heavy atom. The summed E-state index contributed by atoms with van der Waals surface area (Å²) < 4.78 is 0. The Morgan fingerprint density at radius 2 is 0.818 bits per heavy atom. The van der Waals surface area contributed by atoms with Gasteiger partial charge in [0.25, 0.3) is 0 Å². The van der Waals surface area contributed by atoms with Gasteiger partial charge in [-0.1, -0.05) is 0 Å². The minimum absolute atomic E-state index is 0. The Morgan fingerprint density at radius 3 is 0.818 bits per heavy atom. The Labute approximate surface area is 128 Å². The third-order valence-corrected chi connectivity index (χ3v) is 0. The maximum atomic E-state index is 8.25. The maximum Gasteiger partial charge on any atom is 2.00 e. The molecule has 64 valence electrons. The molecule has 0 aromatic rings. The molecule has 0 aromatic heterocycles. The van der Waals surface area contributed by atoms with Crippen LogP contribution in [0.1, 0.15) is 0 Å². The smallest absolute Gasteiger partial charge is 1.00 e. The Bertz CT molecular complexity index is 39.4. The molecule has 0 rings (SSSR count). The maximum absolute atomic E-state index is 8.25. The van der Waals surface area contributed by atoms with Gasteiger partial charge in [-0.15, -0.1) is 0 Å². The van der Waals surface area contributed by atoms with Crippen molar-refractivity contribution in [3.63, 3.8) is 0 Å². The van der Waals surface area contributed by atoms with Crippen LogP contribution in [0.15, 0.2) is 0 Å². The van der Waals surface area contributed by atoms with Crippen molar-refractivity contribution in [1.29, 1.82) is 0 Å². The van der Waals surface area contributed by atoms with Crippen LogP contribution in [0.3, 0.4) is 0 Å². The fourth-order valence-electron chi connectivity index (χ4n) is 0. The number of hydrogen-bond donors (Lipinski definition) is 0. The van der Waals surface area contributed by atoms with Gasteiger partial charge >= 0.3 is 75.5 Å². The van der Waals surface area contributed by atoms with Gasteiger partial charge in [-0.2, -0.15) is 0 Å². The zero-order valence-corrected chi connectivity index (χ0v) is 10.6. The van der Waals surface area contributed by atoms with E-state index in [1.807, 2.05) is 0 Å². The predicted molar refractivity (Wildman–Crippen MR) is 36.3 cm³/mol. The molecule has 0 amide bonds. The SMILES string of the molecule is O.O.O.O.O=[N+]([O-])[O-].[Ca+2].[Ca+2].[Cl-]. The molecule has 0 atom stereocenters. The molecule has 11 heteroatoms. The molecule has 0 spiro atoms. The van der Waals surface area contributed by atoms with Gasteiger partial charge in [0, 0.05) is 0 Å². The second-order valence-corrected chi connectivity index (χ2v) is 0.224. The largest absolute Gasteiger partial charge is 2.00 e. The molecule has 0 aromatic carbocycles. The van der Waals surface area contributed by atoms with Crippen molar-refractivity contribution < 1.29 is 39.4 Å². The van der Waals surface area contributed by atoms with Crippen LogP contribution in [0.2, 0.25) is 0 Å². The van der Waals surface area contributed by atoms with Crippen molar-refractivity contribution >= 4 is 75.5 Å². The first kappa shape index (κ1) is 76.7. The van der Waals surface area contributed by atoms with Crippen LogP contribution in [-0.2, 0) is 0 Å². The van der Waals surface area contributed by atoms with Crippen molar-refractivity contribution in [3.05, 3.63) is 15.3 Å². The average Bonchev–Trinajstić information content (AvgIpc) is 0.811. The van der Waals surface area contributed by atoms with Crippen LogP contribution >= 0.6 is 0 Å². The van der Waals surface area contributed by atoms with E-state index in [-0.39, 0.29) is 110 Å². The van der Waals surface area contributed by atoms with Gasteiger partial charge in [0.1, 0.15) is 0 Å². The number of halogens is 1. The molecule has 0 fully saturated rings. The molecule has 0 saturated carbocycles. The number of rotatable bonds is 0. The normalized spacial score (nSPS) is 2.18. The van der Waals surface area contributed by atoms with Crippen LogP contribution in [0.25, 0.3) is 0 Å². The molecule has 0 aliphatic heterocycles. The molecular formula is H8Ca2ClNO7+2. The molecule has 0 saturated heterocycles. The Balaban J connectivity index is -0.00000000214. The van der Waals surface area contributed by atoms with Gasteiger partial charge in [-0.05, 0) is 0 Å². The van der Waals surface area contributed by atoms with Gasteiger partial charge < -0.3 is 49.6 Å². The van der Waals surface area contributed by atoms with Gasteiger partial charge in [0.2, 0.25) is 0 Å². The molecule has 0 aliphatic rings. The van der Waals surface area contributed by atoms with Crippen molar-refractivity contribution in [1.82, 2.24) is 0 Å². The summed E-state index contributed by atoms with van der Waals surface area (Å²) in [6, 6.07) is 0. The molecular weight excluding hydrogens is 242 g/mol. The zero-order chi connectivity index (χ0) is 3.58. The van der Waals surface area contributed by atoms with E-state index in [0.717, 1.165) is 0 Å². The molecule has 0 radical (unpaired) electrons. The van der Waals surface area contributed by atoms with Crippen LogP contribution in [0, 0.1) is 15.3 Å². The zero-order valence-electron chi connectivity index (χ0n) is 5.46. The number of nitrogens with zero attached hydrogens (tertiary/aromatic N) is 1. The van der Waals surface area contributed by atoms with E-state index in [1.54, 1.807) is 0 Å². The first-order valence-corrected chi connectivity index (χ1v) is 0.548. The molecule has 0 aliphatic carbocycles. The molecule has 0 heterocycles. The summed E-state index contributed by atoms with van der Waals surface area (Å²) in [5.74, 6) is 0. The second-order valence-electron chi connectivity index (χ2n) is 0.224. The molecule has 8 N–H and O–H groups in total. The van der Waals surface area contributed by atoms with E-state index in [0.29, 0.717) is 0 Å². The van der Waals surface area contributed by atoms with E-state index < -0.39 is 5.09 Å². The minimum Gasteiger partial charge on any atom is -1.00 e. The van der Waals surface area contributed by atoms with Crippen molar-refractivity contribution in [2.45, 2.75) is 0 Å². The molecule has 8 nitrogen and oxygen atoms in total. The monoisotopic (exact) mass is 249 g/mol. The van der Waals surface area contributed by atoms with Gasteiger partial charge in [-0.25, -0.2) is 0 Å². The van der Waals surface area contributed by atoms with Crippen molar-refractivity contribution in [3.8, 4) is 0 Å². The summed E-state index contributed by atoms with van der Waals surface area (Å²) in [6.45, 7) is 0. The first-order valence-electron chi connectivity index (χ1n) is 0.548. The van der Waals surface area contributed by atoms with Gasteiger partial charge in [-0.3, -0.25) is 0 Å². The summed E-state index contributed by atoms with van der Waals surface area (Å²) in [7, 11) is 0. The summed E-state index contributed by atoms with van der Waals surface area (Å²) in [4.78, 5) is 8.25.